The number of nitrogens with zero attached hydrogens (tertiary/aromatic N) is 2. The van der Waals surface area contributed by atoms with Crippen molar-refractivity contribution < 1.29 is 14.6 Å². The van der Waals surface area contributed by atoms with Crippen molar-refractivity contribution in [1.82, 2.24) is 9.78 Å². The van der Waals surface area contributed by atoms with E-state index in [1.165, 1.54) is 16.3 Å². The van der Waals surface area contributed by atoms with Crippen molar-refractivity contribution in [2.75, 3.05) is 0 Å². The molecule has 0 fully saturated rings. The van der Waals surface area contributed by atoms with Crippen molar-refractivity contribution in [1.29, 1.82) is 0 Å². The van der Waals surface area contributed by atoms with Gasteiger partial charge < -0.3 is 9.84 Å². The molecule has 1 aromatic heterocycles. The fourth-order valence-electron chi connectivity index (χ4n) is 1.81. The van der Waals surface area contributed by atoms with E-state index in [9.17, 15) is 4.79 Å². The highest BCUT2D eigenvalue weighted by Crippen LogP contribution is 2.24. The van der Waals surface area contributed by atoms with Crippen molar-refractivity contribution in [3.8, 4) is 5.75 Å². The minimum absolute atomic E-state index is 0.0150. The highest BCUT2D eigenvalue weighted by atomic mass is 16.5. The zero-order valence-corrected chi connectivity index (χ0v) is 11.8. The molecule has 5 heteroatoms. The summed E-state index contributed by atoms with van der Waals surface area (Å²) in [6, 6.07) is 7.57. The second-order valence-electron chi connectivity index (χ2n) is 5.00. The lowest BCUT2D eigenvalue weighted by Crippen LogP contribution is -2.08. The van der Waals surface area contributed by atoms with Crippen molar-refractivity contribution in [2.24, 2.45) is 0 Å². The monoisotopic (exact) mass is 274 g/mol. The maximum Gasteiger partial charge on any atom is 0.356 e. The SMILES string of the molecule is Cc1ccc(C(C)C)cc1OCn1ccc(C(=O)O)n1. The highest BCUT2D eigenvalue weighted by Gasteiger charge is 2.08. The van der Waals surface area contributed by atoms with Gasteiger partial charge in [0.05, 0.1) is 0 Å². The van der Waals surface area contributed by atoms with E-state index in [-0.39, 0.29) is 12.4 Å². The maximum absolute atomic E-state index is 10.7. The van der Waals surface area contributed by atoms with Crippen LogP contribution in [0.4, 0.5) is 0 Å². The van der Waals surface area contributed by atoms with Crippen LogP contribution in [-0.2, 0) is 6.73 Å². The Balaban J connectivity index is 2.09. The molecule has 1 N–H and O–H groups in total. The van der Waals surface area contributed by atoms with Crippen LogP contribution >= 0.6 is 0 Å². The van der Waals surface area contributed by atoms with Crippen molar-refractivity contribution in [3.05, 3.63) is 47.3 Å². The molecule has 2 aromatic rings. The molecule has 20 heavy (non-hydrogen) atoms. The van der Waals surface area contributed by atoms with E-state index >= 15 is 0 Å². The predicted octanol–water partition coefficient (Wildman–Crippen LogP) is 3.05. The third-order valence-electron chi connectivity index (χ3n) is 3.09. The van der Waals surface area contributed by atoms with Gasteiger partial charge in [-0.2, -0.15) is 5.10 Å². The third-order valence-corrected chi connectivity index (χ3v) is 3.09. The average molecular weight is 274 g/mol. The van der Waals surface area contributed by atoms with Gasteiger partial charge in [0.15, 0.2) is 12.4 Å². The van der Waals surface area contributed by atoms with E-state index in [1.54, 1.807) is 6.20 Å². The number of carboxylic acids is 1. The second kappa shape index (κ2) is 5.77. The lowest BCUT2D eigenvalue weighted by atomic mass is 10.0. The van der Waals surface area contributed by atoms with Gasteiger partial charge in [-0.1, -0.05) is 26.0 Å². The Morgan fingerprint density at radius 3 is 2.75 bits per heavy atom. The van der Waals surface area contributed by atoms with Crippen LogP contribution in [0.5, 0.6) is 5.75 Å². The molecule has 0 aliphatic heterocycles. The Hall–Kier alpha value is -2.30. The number of ether oxygens (including phenoxy) is 1. The molecule has 5 nitrogen and oxygen atoms in total. The predicted molar refractivity (Wildman–Crippen MR) is 75.1 cm³/mol. The Morgan fingerprint density at radius 2 is 2.15 bits per heavy atom. The fourth-order valence-corrected chi connectivity index (χ4v) is 1.81. The molecule has 0 unspecified atom stereocenters. The van der Waals surface area contributed by atoms with Gasteiger partial charge in [0.1, 0.15) is 5.75 Å². The molecule has 0 amide bonds. The largest absolute Gasteiger partial charge is 0.476 e. The molecule has 0 spiro atoms. The number of carbonyl (C=O) groups is 1. The van der Waals surface area contributed by atoms with Gasteiger partial charge in [-0.3, -0.25) is 0 Å². The molecule has 106 valence electrons. The Bertz CT molecular complexity index is 617. The first-order valence-corrected chi connectivity index (χ1v) is 6.47. The molecule has 0 aliphatic carbocycles. The van der Waals surface area contributed by atoms with E-state index in [1.807, 2.05) is 19.1 Å². The number of hydrogen-bond acceptors (Lipinski definition) is 3. The van der Waals surface area contributed by atoms with E-state index in [2.05, 4.69) is 25.0 Å². The summed E-state index contributed by atoms with van der Waals surface area (Å²) in [5.74, 6) is 0.187. The molecule has 1 heterocycles. The van der Waals surface area contributed by atoms with Crippen LogP contribution < -0.4 is 4.74 Å². The lowest BCUT2D eigenvalue weighted by Gasteiger charge is -2.12. The van der Waals surface area contributed by atoms with Gasteiger partial charge in [0.25, 0.3) is 0 Å². The van der Waals surface area contributed by atoms with E-state index in [0.717, 1.165) is 11.3 Å². The smallest absolute Gasteiger partial charge is 0.356 e. The van der Waals surface area contributed by atoms with E-state index in [4.69, 9.17) is 9.84 Å². The quantitative estimate of drug-likeness (QED) is 0.910. The molecule has 0 saturated heterocycles. The molecule has 2 rings (SSSR count). The number of benzene rings is 1. The van der Waals surface area contributed by atoms with Gasteiger partial charge in [-0.05, 0) is 36.1 Å². The molecule has 1 aromatic carbocycles. The summed E-state index contributed by atoms with van der Waals surface area (Å²) >= 11 is 0. The lowest BCUT2D eigenvalue weighted by molar-refractivity contribution is 0.0688. The third kappa shape index (κ3) is 3.17. The first-order valence-electron chi connectivity index (χ1n) is 6.47. The minimum Gasteiger partial charge on any atom is -0.476 e. The number of hydrogen-bond donors (Lipinski definition) is 1. The average Bonchev–Trinajstić information content (AvgIpc) is 2.86. The van der Waals surface area contributed by atoms with Crippen LogP contribution in [0.1, 0.15) is 41.4 Å². The van der Waals surface area contributed by atoms with Crippen molar-refractivity contribution in [2.45, 2.75) is 33.4 Å². The summed E-state index contributed by atoms with van der Waals surface area (Å²) in [5.41, 5.74) is 2.26. The van der Waals surface area contributed by atoms with Gasteiger partial charge in [-0.25, -0.2) is 9.48 Å². The van der Waals surface area contributed by atoms with Crippen LogP contribution in [0, 0.1) is 6.92 Å². The van der Waals surface area contributed by atoms with Crippen molar-refractivity contribution >= 4 is 5.97 Å². The zero-order chi connectivity index (χ0) is 14.7. The van der Waals surface area contributed by atoms with E-state index in [0.29, 0.717) is 5.92 Å². The Morgan fingerprint density at radius 1 is 1.40 bits per heavy atom. The molecule has 0 radical (unpaired) electrons. The standard InChI is InChI=1S/C15H18N2O3/c1-10(2)12-5-4-11(3)14(8-12)20-9-17-7-6-13(16-17)15(18)19/h4-8,10H,9H2,1-3H3,(H,18,19). The summed E-state index contributed by atoms with van der Waals surface area (Å²) in [4.78, 5) is 10.7. The summed E-state index contributed by atoms with van der Waals surface area (Å²) in [6.45, 7) is 6.42. The zero-order valence-electron chi connectivity index (χ0n) is 11.8. The van der Waals surface area contributed by atoms with Crippen LogP contribution in [-0.4, -0.2) is 20.9 Å². The molecular formula is C15H18N2O3. The van der Waals surface area contributed by atoms with Gasteiger partial charge in [0, 0.05) is 6.20 Å². The Kier molecular flexibility index (Phi) is 4.08. The number of carboxylic acid groups (broad SMARTS) is 1. The van der Waals surface area contributed by atoms with Crippen LogP contribution in [0.3, 0.4) is 0 Å². The Labute approximate surface area is 117 Å². The summed E-state index contributed by atoms with van der Waals surface area (Å²) < 4.78 is 7.18. The number of aryl methyl sites for hydroxylation is 1. The highest BCUT2D eigenvalue weighted by molar-refractivity contribution is 5.84. The summed E-state index contributed by atoms with van der Waals surface area (Å²) in [5, 5.41) is 12.7. The number of aromatic nitrogens is 2. The number of aromatic carboxylic acids is 1. The minimum atomic E-state index is -1.04. The maximum atomic E-state index is 10.7. The topological polar surface area (TPSA) is 64.3 Å². The fraction of sp³-hybridized carbons (Fsp3) is 0.333. The van der Waals surface area contributed by atoms with Crippen molar-refractivity contribution in [3.63, 3.8) is 0 Å². The molecule has 0 aliphatic rings. The number of rotatable bonds is 5. The summed E-state index contributed by atoms with van der Waals surface area (Å²) in [6.07, 6.45) is 1.59. The summed E-state index contributed by atoms with van der Waals surface area (Å²) in [7, 11) is 0. The normalized spacial score (nSPS) is 10.8. The van der Waals surface area contributed by atoms with Crippen LogP contribution in [0.2, 0.25) is 0 Å². The molecular weight excluding hydrogens is 256 g/mol. The van der Waals surface area contributed by atoms with Gasteiger partial charge in [0.2, 0.25) is 0 Å². The van der Waals surface area contributed by atoms with Crippen LogP contribution in [0.25, 0.3) is 0 Å². The van der Waals surface area contributed by atoms with E-state index < -0.39 is 5.97 Å². The first kappa shape index (κ1) is 14.1. The molecule has 0 atom stereocenters. The van der Waals surface area contributed by atoms with Gasteiger partial charge in [-0.15, -0.1) is 0 Å². The van der Waals surface area contributed by atoms with Crippen LogP contribution in [0.15, 0.2) is 30.5 Å². The van der Waals surface area contributed by atoms with Gasteiger partial charge >= 0.3 is 5.97 Å². The second-order valence-corrected chi connectivity index (χ2v) is 5.00. The molecule has 0 saturated carbocycles. The first-order chi connectivity index (χ1) is 9.47. The molecule has 0 bridgehead atoms.